The van der Waals surface area contributed by atoms with Gasteiger partial charge >= 0.3 is 0 Å². The minimum absolute atomic E-state index is 0. The van der Waals surface area contributed by atoms with Gasteiger partial charge in [-0.15, -0.1) is 0 Å². The normalized spacial score (nSPS) is 9.67. The lowest BCUT2D eigenvalue weighted by atomic mass is 10.2. The topological polar surface area (TPSA) is 17.6 Å². The summed E-state index contributed by atoms with van der Waals surface area (Å²) in [6.45, 7) is 15.8. The molecule has 0 unspecified atom stereocenters. The highest BCUT2D eigenvalue weighted by molar-refractivity contribution is 5.37. The monoisotopic (exact) mass is 528 g/mol. The molecule has 4 aromatic rings. The van der Waals surface area contributed by atoms with Crippen molar-refractivity contribution in [3.05, 3.63) is 94.7 Å². The number of hydrogen-bond acceptors (Lipinski definition) is 0. The summed E-state index contributed by atoms with van der Waals surface area (Å²) in [5, 5.41) is 4.02. The molecule has 2 aromatic carbocycles. The van der Waals surface area contributed by atoms with E-state index in [4.69, 9.17) is 0 Å². The lowest BCUT2D eigenvalue weighted by molar-refractivity contribution is -0.670. The van der Waals surface area contributed by atoms with Gasteiger partial charge in [0.25, 0.3) is 0 Å². The Morgan fingerprint density at radius 1 is 0.633 bits per heavy atom. The van der Waals surface area contributed by atoms with Crippen LogP contribution in [-0.4, -0.2) is 9.13 Å². The fraction of sp³-hybridized carbons (Fsp3) is 0.0833. The maximum atomic E-state index is 3.99. The number of imidazole rings is 2. The zero-order chi connectivity index (χ0) is 20.3. The molecule has 0 saturated carbocycles. The molecular weight excluding hydrogens is 504 g/mol. The fourth-order valence-corrected chi connectivity index (χ4v) is 2.88. The highest BCUT2D eigenvalue weighted by Crippen LogP contribution is 1.96. The maximum Gasteiger partial charge on any atom is 0.248 e. The Kier molecular flexibility index (Phi) is 9.21. The quantitative estimate of drug-likeness (QED) is 0.230. The van der Waals surface area contributed by atoms with Crippen molar-refractivity contribution in [2.24, 2.45) is 14.1 Å². The van der Waals surface area contributed by atoms with E-state index in [-0.39, 0.29) is 34.0 Å². The summed E-state index contributed by atoms with van der Waals surface area (Å²) >= 11 is 0. The van der Waals surface area contributed by atoms with E-state index >= 15 is 0 Å². The Hall–Kier alpha value is -2.70. The SMILES string of the molecule is C=c1ccc(=C)c(-n2cc[n+](C)c2)c1.C=c1ccc(=C)c(-n2cc[n+](C)c2)c1.[Br-].[Br-]. The van der Waals surface area contributed by atoms with Gasteiger partial charge in [0.15, 0.2) is 0 Å². The summed E-state index contributed by atoms with van der Waals surface area (Å²) in [6, 6.07) is 12.0. The van der Waals surface area contributed by atoms with Gasteiger partial charge in [-0.3, -0.25) is 0 Å². The van der Waals surface area contributed by atoms with Crippen LogP contribution in [-0.2, 0) is 14.1 Å². The van der Waals surface area contributed by atoms with Gasteiger partial charge in [-0.25, -0.2) is 18.3 Å². The molecule has 156 valence electrons. The van der Waals surface area contributed by atoms with Crippen molar-refractivity contribution in [2.75, 3.05) is 0 Å². The predicted octanol–water partition coefficient (Wildman–Crippen LogP) is -5.75. The molecule has 0 N–H and O–H groups in total. The molecule has 0 saturated heterocycles. The van der Waals surface area contributed by atoms with Gasteiger partial charge in [-0.05, 0) is 22.6 Å². The molecule has 2 heterocycles. The van der Waals surface area contributed by atoms with Gasteiger partial charge in [0.1, 0.15) is 36.2 Å². The van der Waals surface area contributed by atoms with Crippen LogP contribution in [0.4, 0.5) is 0 Å². The van der Waals surface area contributed by atoms with Crippen LogP contribution in [0.5, 0.6) is 0 Å². The molecule has 30 heavy (non-hydrogen) atoms. The molecule has 0 aliphatic carbocycles. The van der Waals surface area contributed by atoms with Crippen molar-refractivity contribution in [1.29, 1.82) is 0 Å². The third kappa shape index (κ3) is 6.15. The summed E-state index contributed by atoms with van der Waals surface area (Å²) in [5.41, 5.74) is 2.16. The summed E-state index contributed by atoms with van der Waals surface area (Å²) in [7, 11) is 3.99. The summed E-state index contributed by atoms with van der Waals surface area (Å²) < 4.78 is 8.07. The molecule has 0 aliphatic rings. The molecule has 0 aliphatic heterocycles. The molecule has 4 nitrogen and oxygen atoms in total. The second kappa shape index (κ2) is 10.9. The Morgan fingerprint density at radius 2 is 1.00 bits per heavy atom. The lowest BCUT2D eigenvalue weighted by Crippen LogP contribution is -3.00. The Morgan fingerprint density at radius 3 is 1.30 bits per heavy atom. The first kappa shape index (κ1) is 25.3. The van der Waals surface area contributed by atoms with Gasteiger partial charge < -0.3 is 34.0 Å². The van der Waals surface area contributed by atoms with Gasteiger partial charge in [0, 0.05) is 10.4 Å². The van der Waals surface area contributed by atoms with Crippen LogP contribution < -0.4 is 64.0 Å². The highest BCUT2D eigenvalue weighted by Gasteiger charge is 2.04. The van der Waals surface area contributed by atoms with Crippen molar-refractivity contribution in [3.8, 4) is 11.4 Å². The third-order valence-corrected chi connectivity index (χ3v) is 4.39. The van der Waals surface area contributed by atoms with Crippen molar-refractivity contribution in [1.82, 2.24) is 9.13 Å². The van der Waals surface area contributed by atoms with Crippen LogP contribution in [0.3, 0.4) is 0 Å². The zero-order valence-corrected chi connectivity index (χ0v) is 20.5. The Balaban J connectivity index is 0.000000281. The number of rotatable bonds is 2. The number of hydrogen-bond donors (Lipinski definition) is 0. The molecule has 2 aromatic heterocycles. The van der Waals surface area contributed by atoms with Crippen molar-refractivity contribution in [2.45, 2.75) is 0 Å². The Labute approximate surface area is 198 Å². The second-order valence-electron chi connectivity index (χ2n) is 6.90. The second-order valence-corrected chi connectivity index (χ2v) is 6.90. The largest absolute Gasteiger partial charge is 1.00 e. The lowest BCUT2D eigenvalue weighted by Gasteiger charge is -1.95. The van der Waals surface area contributed by atoms with Crippen LogP contribution in [0.25, 0.3) is 37.7 Å². The molecule has 0 atom stereocenters. The molecule has 0 spiro atoms. The van der Waals surface area contributed by atoms with Crippen molar-refractivity contribution < 1.29 is 43.1 Å². The standard InChI is InChI=1S/2C12H13N2.2BrH/c2*1-10-4-5-11(2)12(8-10)14-7-6-13(3)9-14;;/h2*4-9H,1-2H2,3H3;2*1H/q2*+1;;/p-2. The zero-order valence-electron chi connectivity index (χ0n) is 17.3. The predicted molar refractivity (Wildman–Crippen MR) is 114 cm³/mol. The molecule has 0 bridgehead atoms. The molecule has 0 amide bonds. The fourth-order valence-electron chi connectivity index (χ4n) is 2.88. The van der Waals surface area contributed by atoms with Crippen molar-refractivity contribution in [3.63, 3.8) is 0 Å². The van der Waals surface area contributed by atoms with Crippen LogP contribution in [0.2, 0.25) is 0 Å². The van der Waals surface area contributed by atoms with E-state index in [1.165, 1.54) is 0 Å². The molecule has 6 heteroatoms. The van der Waals surface area contributed by atoms with Gasteiger partial charge in [-0.1, -0.05) is 50.6 Å². The summed E-state index contributed by atoms with van der Waals surface area (Å²) in [5.74, 6) is 0. The number of benzene rings is 2. The average molecular weight is 530 g/mol. The highest BCUT2D eigenvalue weighted by atomic mass is 79.9. The van der Waals surface area contributed by atoms with Crippen LogP contribution in [0.15, 0.2) is 73.8 Å². The van der Waals surface area contributed by atoms with E-state index in [2.05, 4.69) is 26.3 Å². The van der Waals surface area contributed by atoms with Crippen molar-refractivity contribution >= 4 is 26.3 Å². The molecular formula is C24H26Br2N4. The minimum Gasteiger partial charge on any atom is -1.00 e. The smallest absolute Gasteiger partial charge is 0.248 e. The van der Waals surface area contributed by atoms with Crippen LogP contribution in [0, 0.1) is 0 Å². The van der Waals surface area contributed by atoms with Gasteiger partial charge in [0.2, 0.25) is 12.7 Å². The first-order chi connectivity index (χ1) is 13.3. The first-order valence-corrected chi connectivity index (χ1v) is 8.96. The van der Waals surface area contributed by atoms with E-state index in [1.54, 1.807) is 0 Å². The van der Waals surface area contributed by atoms with E-state index in [1.807, 2.05) is 106 Å². The van der Waals surface area contributed by atoms with E-state index in [0.29, 0.717) is 0 Å². The number of aromatic nitrogens is 4. The summed E-state index contributed by atoms with van der Waals surface area (Å²) in [6.07, 6.45) is 12.0. The number of halogens is 2. The van der Waals surface area contributed by atoms with E-state index < -0.39 is 0 Å². The third-order valence-electron chi connectivity index (χ3n) is 4.39. The minimum atomic E-state index is 0. The molecule has 0 fully saturated rings. The average Bonchev–Trinajstić information content (AvgIpc) is 3.28. The molecule has 0 radical (unpaired) electrons. The van der Waals surface area contributed by atoms with Gasteiger partial charge in [-0.2, -0.15) is 0 Å². The maximum absolute atomic E-state index is 3.99. The van der Waals surface area contributed by atoms with Crippen LogP contribution >= 0.6 is 0 Å². The Bertz CT molecular complexity index is 1220. The molecule has 4 rings (SSSR count). The number of aryl methyl sites for hydroxylation is 2. The van der Waals surface area contributed by atoms with Gasteiger partial charge in [0.05, 0.1) is 14.1 Å². The number of nitrogens with zero attached hydrogens (tertiary/aromatic N) is 4. The van der Waals surface area contributed by atoms with Crippen LogP contribution in [0.1, 0.15) is 0 Å². The van der Waals surface area contributed by atoms with E-state index in [0.717, 1.165) is 32.2 Å². The summed E-state index contributed by atoms with van der Waals surface area (Å²) in [4.78, 5) is 0. The van der Waals surface area contributed by atoms with E-state index in [9.17, 15) is 0 Å². The first-order valence-electron chi connectivity index (χ1n) is 8.96.